The maximum Gasteiger partial charge on any atom is 0.269 e. The van der Waals surface area contributed by atoms with Crippen molar-refractivity contribution in [3.63, 3.8) is 0 Å². The lowest BCUT2D eigenvalue weighted by atomic mass is 9.92. The van der Waals surface area contributed by atoms with Gasteiger partial charge < -0.3 is 20.1 Å². The van der Waals surface area contributed by atoms with Gasteiger partial charge in [0.25, 0.3) is 5.91 Å². The van der Waals surface area contributed by atoms with Crippen LogP contribution in [0.15, 0.2) is 43.0 Å². The van der Waals surface area contributed by atoms with E-state index in [1.807, 2.05) is 0 Å². The van der Waals surface area contributed by atoms with E-state index in [-0.39, 0.29) is 18.1 Å². The van der Waals surface area contributed by atoms with E-state index >= 15 is 0 Å². The molecule has 5 rings (SSSR count). The largest absolute Gasteiger partial charge is 0.488 e. The van der Waals surface area contributed by atoms with Crippen molar-refractivity contribution in [1.29, 1.82) is 0 Å². The van der Waals surface area contributed by atoms with Gasteiger partial charge in [-0.2, -0.15) is 0 Å². The van der Waals surface area contributed by atoms with Crippen LogP contribution in [0, 0.1) is 0 Å². The number of aromatic nitrogens is 4. The summed E-state index contributed by atoms with van der Waals surface area (Å²) in [6, 6.07) is 6.13. The quantitative estimate of drug-likeness (QED) is 0.576. The van der Waals surface area contributed by atoms with Gasteiger partial charge in [0.2, 0.25) is 0 Å². The molecule has 1 amide bonds. The first-order valence-corrected chi connectivity index (χ1v) is 11.7. The van der Waals surface area contributed by atoms with Crippen molar-refractivity contribution in [2.45, 2.75) is 44.2 Å². The molecule has 9 nitrogen and oxygen atoms in total. The van der Waals surface area contributed by atoms with Gasteiger partial charge in [-0.05, 0) is 55.4 Å². The average Bonchev–Trinajstić information content (AvgIpc) is 2.90. The van der Waals surface area contributed by atoms with Crippen LogP contribution in [0.5, 0.6) is 5.75 Å². The van der Waals surface area contributed by atoms with Gasteiger partial charge in [0.15, 0.2) is 0 Å². The number of carbonyl (C=O) groups is 1. The minimum atomic E-state index is -0.225. The van der Waals surface area contributed by atoms with Gasteiger partial charge in [0, 0.05) is 31.5 Å². The lowest BCUT2D eigenvalue weighted by Gasteiger charge is -2.30. The molecule has 2 N–H and O–H groups in total. The van der Waals surface area contributed by atoms with Crippen molar-refractivity contribution in [2.75, 3.05) is 25.6 Å². The number of nitrogens with one attached hydrogen (secondary N) is 2. The second-order valence-electron chi connectivity index (χ2n) is 8.56. The van der Waals surface area contributed by atoms with E-state index in [4.69, 9.17) is 9.47 Å². The van der Waals surface area contributed by atoms with Gasteiger partial charge in [0.05, 0.1) is 24.8 Å². The minimum Gasteiger partial charge on any atom is -0.488 e. The van der Waals surface area contributed by atoms with Crippen LogP contribution in [0.2, 0.25) is 0 Å². The number of anilines is 1. The normalized spacial score (nSPS) is 20.4. The number of ether oxygens (including phenoxy) is 2. The summed E-state index contributed by atoms with van der Waals surface area (Å²) >= 11 is 0. The van der Waals surface area contributed by atoms with E-state index in [1.54, 1.807) is 25.5 Å². The third-order valence-corrected chi connectivity index (χ3v) is 6.32. The zero-order valence-electron chi connectivity index (χ0n) is 19.2. The number of hydrogen-bond acceptors (Lipinski definition) is 8. The number of benzene rings is 1. The van der Waals surface area contributed by atoms with Crippen molar-refractivity contribution < 1.29 is 14.3 Å². The maximum atomic E-state index is 11.8. The fourth-order valence-corrected chi connectivity index (χ4v) is 4.51. The molecule has 2 aromatic heterocycles. The smallest absolute Gasteiger partial charge is 0.269 e. The first kappa shape index (κ1) is 22.2. The Kier molecular flexibility index (Phi) is 6.62. The molecule has 34 heavy (non-hydrogen) atoms. The molecule has 0 saturated heterocycles. The highest BCUT2D eigenvalue weighted by atomic mass is 16.5. The molecular formula is C25H28N6O3. The predicted octanol–water partition coefficient (Wildman–Crippen LogP) is 3.39. The molecule has 1 aliphatic carbocycles. The van der Waals surface area contributed by atoms with Crippen LogP contribution in [-0.2, 0) is 4.74 Å². The molecule has 1 aromatic carbocycles. The summed E-state index contributed by atoms with van der Waals surface area (Å²) in [6.07, 6.45) is 11.7. The van der Waals surface area contributed by atoms with Crippen molar-refractivity contribution in [3.05, 3.63) is 54.3 Å². The molecule has 1 aliphatic heterocycles. The van der Waals surface area contributed by atoms with Crippen LogP contribution in [0.3, 0.4) is 0 Å². The van der Waals surface area contributed by atoms with E-state index in [0.717, 1.165) is 61.1 Å². The number of hydrogen-bond donors (Lipinski definition) is 2. The molecule has 0 radical (unpaired) electrons. The minimum absolute atomic E-state index is 0.106. The maximum absolute atomic E-state index is 11.8. The molecular weight excluding hydrogens is 432 g/mol. The average molecular weight is 461 g/mol. The SMILES string of the molecule is CNC(=O)c1cc(NC2CCC(Oc3cc(C4=CCOCC4)cc4nccnc34)CC2)ncn1. The standard InChI is InChI=1S/C25H28N6O3/c1-26-25(32)21-14-23(30-15-29-21)31-18-2-4-19(5-3-18)34-22-13-17(16-6-10-33-11-7-16)12-20-24(22)28-9-8-27-20/h6,8-9,12-15,18-19H,2-5,7,10-11H2,1H3,(H,26,32)(H,29,30,31). The highest BCUT2D eigenvalue weighted by Crippen LogP contribution is 2.33. The van der Waals surface area contributed by atoms with Gasteiger partial charge in [-0.1, -0.05) is 6.08 Å². The molecule has 2 aliphatic rings. The van der Waals surface area contributed by atoms with Crippen LogP contribution in [0.1, 0.15) is 48.2 Å². The number of amides is 1. The summed E-state index contributed by atoms with van der Waals surface area (Å²) in [5, 5.41) is 6.02. The second kappa shape index (κ2) is 10.1. The van der Waals surface area contributed by atoms with Gasteiger partial charge in [0.1, 0.15) is 29.1 Å². The number of fused-ring (bicyclic) bond motifs is 1. The fourth-order valence-electron chi connectivity index (χ4n) is 4.51. The van der Waals surface area contributed by atoms with Crippen molar-refractivity contribution in [2.24, 2.45) is 0 Å². The molecule has 0 unspecified atom stereocenters. The number of carbonyl (C=O) groups excluding carboxylic acids is 1. The van der Waals surface area contributed by atoms with Crippen LogP contribution in [0.25, 0.3) is 16.6 Å². The van der Waals surface area contributed by atoms with Crippen LogP contribution >= 0.6 is 0 Å². The molecule has 9 heteroatoms. The third-order valence-electron chi connectivity index (χ3n) is 6.32. The highest BCUT2D eigenvalue weighted by molar-refractivity contribution is 5.92. The van der Waals surface area contributed by atoms with E-state index in [1.165, 1.54) is 11.9 Å². The summed E-state index contributed by atoms with van der Waals surface area (Å²) in [6.45, 7) is 1.37. The molecule has 0 atom stereocenters. The Hall–Kier alpha value is -3.59. The van der Waals surface area contributed by atoms with Gasteiger partial charge in [-0.15, -0.1) is 0 Å². The zero-order valence-corrected chi connectivity index (χ0v) is 19.2. The van der Waals surface area contributed by atoms with Crippen LogP contribution in [0.4, 0.5) is 5.82 Å². The summed E-state index contributed by atoms with van der Waals surface area (Å²) in [5.74, 6) is 1.23. The second-order valence-corrected chi connectivity index (χ2v) is 8.56. The number of rotatable bonds is 6. The highest BCUT2D eigenvalue weighted by Gasteiger charge is 2.24. The van der Waals surface area contributed by atoms with E-state index in [9.17, 15) is 4.79 Å². The summed E-state index contributed by atoms with van der Waals surface area (Å²) in [5.41, 5.74) is 4.37. The summed E-state index contributed by atoms with van der Waals surface area (Å²) < 4.78 is 12.0. The predicted molar refractivity (Wildman–Crippen MR) is 129 cm³/mol. The third kappa shape index (κ3) is 4.99. The Morgan fingerprint density at radius 1 is 1.06 bits per heavy atom. The fraction of sp³-hybridized carbons (Fsp3) is 0.400. The molecule has 1 saturated carbocycles. The Bertz CT molecular complexity index is 1210. The monoisotopic (exact) mass is 460 g/mol. The van der Waals surface area contributed by atoms with Crippen molar-refractivity contribution in [3.8, 4) is 5.75 Å². The molecule has 1 fully saturated rings. The molecule has 176 valence electrons. The van der Waals surface area contributed by atoms with E-state index in [0.29, 0.717) is 18.1 Å². The van der Waals surface area contributed by atoms with E-state index < -0.39 is 0 Å². The Labute approximate surface area is 198 Å². The lowest BCUT2D eigenvalue weighted by molar-refractivity contribution is 0.0958. The number of nitrogens with zero attached hydrogens (tertiary/aromatic N) is 4. The molecule has 3 aromatic rings. The molecule has 0 bridgehead atoms. The van der Waals surface area contributed by atoms with Crippen molar-refractivity contribution in [1.82, 2.24) is 25.3 Å². The first-order valence-electron chi connectivity index (χ1n) is 11.7. The lowest BCUT2D eigenvalue weighted by Crippen LogP contribution is -2.31. The summed E-state index contributed by atoms with van der Waals surface area (Å²) in [4.78, 5) is 29.2. The molecule has 3 heterocycles. The van der Waals surface area contributed by atoms with Crippen LogP contribution in [-0.4, -0.2) is 58.3 Å². The Morgan fingerprint density at radius 2 is 1.91 bits per heavy atom. The first-order chi connectivity index (χ1) is 16.7. The van der Waals surface area contributed by atoms with Crippen LogP contribution < -0.4 is 15.4 Å². The Morgan fingerprint density at radius 3 is 2.71 bits per heavy atom. The molecule has 0 spiro atoms. The van der Waals surface area contributed by atoms with Gasteiger partial charge in [-0.25, -0.2) is 15.0 Å². The summed E-state index contributed by atoms with van der Waals surface area (Å²) in [7, 11) is 1.59. The Balaban J connectivity index is 1.26. The zero-order chi connectivity index (χ0) is 23.3. The van der Waals surface area contributed by atoms with Gasteiger partial charge >= 0.3 is 0 Å². The topological polar surface area (TPSA) is 111 Å². The van der Waals surface area contributed by atoms with E-state index in [2.05, 4.69) is 48.8 Å². The van der Waals surface area contributed by atoms with Gasteiger partial charge in [-0.3, -0.25) is 9.78 Å². The van der Waals surface area contributed by atoms with Crippen molar-refractivity contribution >= 4 is 28.3 Å².